The van der Waals surface area contributed by atoms with E-state index in [-0.39, 0.29) is 11.8 Å². The van der Waals surface area contributed by atoms with E-state index < -0.39 is 11.5 Å². The molecule has 0 aromatic carbocycles. The summed E-state index contributed by atoms with van der Waals surface area (Å²) in [5.41, 5.74) is -1.02. The van der Waals surface area contributed by atoms with Crippen molar-refractivity contribution >= 4 is 23.6 Å². The van der Waals surface area contributed by atoms with Gasteiger partial charge >= 0.3 is 5.97 Å². The van der Waals surface area contributed by atoms with Crippen molar-refractivity contribution in [3.8, 4) is 0 Å². The molecular weight excluding hydrogens is 262 g/mol. The number of hydrogen-bond donors (Lipinski definition) is 2. The van der Waals surface area contributed by atoms with E-state index in [0.717, 1.165) is 24.3 Å². The highest BCUT2D eigenvalue weighted by molar-refractivity contribution is 7.99. The number of carbonyl (C=O) groups is 2. The third-order valence-electron chi connectivity index (χ3n) is 4.73. The summed E-state index contributed by atoms with van der Waals surface area (Å²) in [4.78, 5) is 23.9. The number of carboxylic acid groups (broad SMARTS) is 1. The zero-order chi connectivity index (χ0) is 13.5. The van der Waals surface area contributed by atoms with Gasteiger partial charge in [-0.15, -0.1) is 0 Å². The molecule has 5 heteroatoms. The highest BCUT2D eigenvalue weighted by Crippen LogP contribution is 2.43. The van der Waals surface area contributed by atoms with Gasteiger partial charge in [-0.3, -0.25) is 4.79 Å². The van der Waals surface area contributed by atoms with Gasteiger partial charge in [-0.05, 0) is 49.0 Å². The zero-order valence-corrected chi connectivity index (χ0v) is 11.6. The Kier molecular flexibility index (Phi) is 3.33. The smallest absolute Gasteiger partial charge is 0.329 e. The maximum Gasteiger partial charge on any atom is 0.329 e. The van der Waals surface area contributed by atoms with Crippen molar-refractivity contribution < 1.29 is 14.7 Å². The van der Waals surface area contributed by atoms with E-state index in [1.807, 2.05) is 0 Å². The summed E-state index contributed by atoms with van der Waals surface area (Å²) >= 11 is 1.76. The average molecular weight is 281 g/mol. The van der Waals surface area contributed by atoms with Crippen LogP contribution in [0.3, 0.4) is 0 Å². The third kappa shape index (κ3) is 2.29. The van der Waals surface area contributed by atoms with Gasteiger partial charge in [0.15, 0.2) is 0 Å². The van der Waals surface area contributed by atoms with Gasteiger partial charge in [0.05, 0.1) is 0 Å². The molecule has 1 saturated heterocycles. The van der Waals surface area contributed by atoms with Gasteiger partial charge in [-0.2, -0.15) is 11.8 Å². The minimum absolute atomic E-state index is 0.0131. The largest absolute Gasteiger partial charge is 0.480 e. The molecule has 2 aliphatic carbocycles. The molecule has 2 fully saturated rings. The first kappa shape index (κ1) is 13.0. The van der Waals surface area contributed by atoms with Crippen LogP contribution in [0.5, 0.6) is 0 Å². The summed E-state index contributed by atoms with van der Waals surface area (Å²) in [5, 5.41) is 12.3. The number of rotatable bonds is 3. The van der Waals surface area contributed by atoms with E-state index >= 15 is 0 Å². The second kappa shape index (κ2) is 4.85. The van der Waals surface area contributed by atoms with Crippen LogP contribution in [0, 0.1) is 17.8 Å². The number of allylic oxidation sites excluding steroid dienone is 2. The molecule has 1 aliphatic heterocycles. The minimum Gasteiger partial charge on any atom is -0.480 e. The van der Waals surface area contributed by atoms with Gasteiger partial charge in [0, 0.05) is 5.92 Å². The number of carbonyl (C=O) groups excluding carboxylic acids is 1. The molecule has 0 radical (unpaired) electrons. The van der Waals surface area contributed by atoms with E-state index in [2.05, 4.69) is 17.5 Å². The van der Waals surface area contributed by atoms with Crippen molar-refractivity contribution in [3.63, 3.8) is 0 Å². The Morgan fingerprint density at radius 2 is 1.95 bits per heavy atom. The molecule has 2 bridgehead atoms. The van der Waals surface area contributed by atoms with E-state index in [1.165, 1.54) is 0 Å². The lowest BCUT2D eigenvalue weighted by Gasteiger charge is -2.35. The molecule has 3 unspecified atom stereocenters. The van der Waals surface area contributed by atoms with Crippen molar-refractivity contribution in [2.75, 3.05) is 11.5 Å². The lowest BCUT2D eigenvalue weighted by atomic mass is 9.88. The normalized spacial score (nSPS) is 35.3. The van der Waals surface area contributed by atoms with Gasteiger partial charge in [0.2, 0.25) is 5.91 Å². The molecule has 3 atom stereocenters. The summed E-state index contributed by atoms with van der Waals surface area (Å²) in [5.74, 6) is 1.54. The Hall–Kier alpha value is -0.970. The molecule has 0 aromatic heterocycles. The van der Waals surface area contributed by atoms with Gasteiger partial charge < -0.3 is 10.4 Å². The van der Waals surface area contributed by atoms with Crippen molar-refractivity contribution in [1.82, 2.24) is 5.32 Å². The van der Waals surface area contributed by atoms with Crippen molar-refractivity contribution in [3.05, 3.63) is 12.2 Å². The standard InChI is InChI=1S/C14H19NO3S/c16-12(11-8-9-1-2-10(11)7-9)15-14(13(17)18)3-5-19-6-4-14/h1-2,9-11H,3-8H2,(H,15,16)(H,17,18). The molecule has 3 aliphatic rings. The quantitative estimate of drug-likeness (QED) is 0.772. The van der Waals surface area contributed by atoms with Gasteiger partial charge in [-0.25, -0.2) is 4.79 Å². The van der Waals surface area contributed by atoms with E-state index in [1.54, 1.807) is 11.8 Å². The zero-order valence-electron chi connectivity index (χ0n) is 10.8. The van der Waals surface area contributed by atoms with Crippen LogP contribution in [0.25, 0.3) is 0 Å². The monoisotopic (exact) mass is 281 g/mol. The SMILES string of the molecule is O=C(NC1(C(=O)O)CCSCC1)C1CC2C=CC1C2. The van der Waals surface area contributed by atoms with Gasteiger partial charge in [0.1, 0.15) is 5.54 Å². The molecular formula is C14H19NO3S. The van der Waals surface area contributed by atoms with Crippen LogP contribution >= 0.6 is 11.8 Å². The summed E-state index contributed by atoms with van der Waals surface area (Å²) in [6.07, 6.45) is 7.34. The average Bonchev–Trinajstić information content (AvgIpc) is 3.02. The maximum absolute atomic E-state index is 12.4. The van der Waals surface area contributed by atoms with Crippen molar-refractivity contribution in [2.24, 2.45) is 17.8 Å². The molecule has 1 heterocycles. The Balaban J connectivity index is 1.70. The van der Waals surface area contributed by atoms with Crippen LogP contribution in [-0.2, 0) is 9.59 Å². The molecule has 1 saturated carbocycles. The van der Waals surface area contributed by atoms with Crippen LogP contribution < -0.4 is 5.32 Å². The van der Waals surface area contributed by atoms with E-state index in [9.17, 15) is 14.7 Å². The number of carboxylic acids is 1. The lowest BCUT2D eigenvalue weighted by Crippen LogP contribution is -2.58. The number of thioether (sulfide) groups is 1. The van der Waals surface area contributed by atoms with Crippen LogP contribution in [-0.4, -0.2) is 34.0 Å². The van der Waals surface area contributed by atoms with Crippen LogP contribution in [0.15, 0.2) is 12.2 Å². The molecule has 2 N–H and O–H groups in total. The number of amides is 1. The van der Waals surface area contributed by atoms with E-state index in [0.29, 0.717) is 24.7 Å². The Bertz CT molecular complexity index is 428. The fraction of sp³-hybridized carbons (Fsp3) is 0.714. The highest BCUT2D eigenvalue weighted by atomic mass is 32.2. The first-order valence-corrected chi connectivity index (χ1v) is 8.08. The summed E-state index contributed by atoms with van der Waals surface area (Å²) in [7, 11) is 0. The molecule has 19 heavy (non-hydrogen) atoms. The second-order valence-electron chi connectivity index (χ2n) is 5.88. The summed E-state index contributed by atoms with van der Waals surface area (Å²) in [6, 6.07) is 0. The predicted octanol–water partition coefficient (Wildman–Crippen LogP) is 1.67. The fourth-order valence-electron chi connectivity index (χ4n) is 3.52. The van der Waals surface area contributed by atoms with Gasteiger partial charge in [-0.1, -0.05) is 12.2 Å². The van der Waals surface area contributed by atoms with Gasteiger partial charge in [0.25, 0.3) is 0 Å². The predicted molar refractivity (Wildman–Crippen MR) is 73.9 cm³/mol. The number of fused-ring (bicyclic) bond motifs is 2. The molecule has 104 valence electrons. The molecule has 0 spiro atoms. The first-order chi connectivity index (χ1) is 9.11. The Morgan fingerprint density at radius 3 is 2.47 bits per heavy atom. The second-order valence-corrected chi connectivity index (χ2v) is 7.10. The Morgan fingerprint density at radius 1 is 1.21 bits per heavy atom. The maximum atomic E-state index is 12.4. The molecule has 4 nitrogen and oxygen atoms in total. The van der Waals surface area contributed by atoms with Crippen molar-refractivity contribution in [1.29, 1.82) is 0 Å². The number of nitrogens with one attached hydrogen (secondary N) is 1. The fourth-order valence-corrected chi connectivity index (χ4v) is 4.71. The third-order valence-corrected chi connectivity index (χ3v) is 5.72. The van der Waals surface area contributed by atoms with Crippen LogP contribution in [0.1, 0.15) is 25.7 Å². The van der Waals surface area contributed by atoms with E-state index in [4.69, 9.17) is 0 Å². The molecule has 1 amide bonds. The van der Waals surface area contributed by atoms with Crippen LogP contribution in [0.2, 0.25) is 0 Å². The topological polar surface area (TPSA) is 66.4 Å². The Labute approximate surface area is 117 Å². The number of hydrogen-bond acceptors (Lipinski definition) is 3. The molecule has 3 rings (SSSR count). The lowest BCUT2D eigenvalue weighted by molar-refractivity contribution is -0.149. The minimum atomic E-state index is -1.02. The summed E-state index contributed by atoms with van der Waals surface area (Å²) < 4.78 is 0. The van der Waals surface area contributed by atoms with Crippen LogP contribution in [0.4, 0.5) is 0 Å². The molecule has 0 aromatic rings. The highest BCUT2D eigenvalue weighted by Gasteiger charge is 2.46. The summed E-state index contributed by atoms with van der Waals surface area (Å²) in [6.45, 7) is 0. The first-order valence-electron chi connectivity index (χ1n) is 6.92. The van der Waals surface area contributed by atoms with Crippen molar-refractivity contribution in [2.45, 2.75) is 31.2 Å². The number of aliphatic carboxylic acids is 1.